The van der Waals surface area contributed by atoms with E-state index in [1.54, 1.807) is 13.8 Å². The van der Waals surface area contributed by atoms with Crippen molar-refractivity contribution in [1.29, 1.82) is 0 Å². The summed E-state index contributed by atoms with van der Waals surface area (Å²) in [4.78, 5) is 58.6. The third-order valence-corrected chi connectivity index (χ3v) is 4.08. The summed E-state index contributed by atoms with van der Waals surface area (Å²) in [6, 6.07) is -4.82. The van der Waals surface area contributed by atoms with Crippen molar-refractivity contribution in [2.24, 2.45) is 17.4 Å². The molecule has 29 heavy (non-hydrogen) atoms. The molecule has 0 heterocycles. The highest BCUT2D eigenvalue weighted by molar-refractivity contribution is 5.94. The Kier molecular flexibility index (Phi) is 10.8. The van der Waals surface area contributed by atoms with Gasteiger partial charge in [-0.25, -0.2) is 4.79 Å². The molecule has 0 aliphatic carbocycles. The molecule has 0 aromatic heterocycles. The third-order valence-electron chi connectivity index (χ3n) is 4.08. The van der Waals surface area contributed by atoms with Crippen LogP contribution in [-0.4, -0.2) is 70.1 Å². The van der Waals surface area contributed by atoms with Crippen LogP contribution in [0.2, 0.25) is 0 Å². The summed E-state index contributed by atoms with van der Waals surface area (Å²) in [5.41, 5.74) is 10.6. The molecule has 0 aliphatic heterocycles. The number of hydrogen-bond acceptors (Lipinski definition) is 7. The molecule has 0 fully saturated rings. The number of carboxylic acid groups (broad SMARTS) is 1. The Hall–Kier alpha value is -2.73. The number of primary amides is 1. The second-order valence-corrected chi connectivity index (χ2v) is 7.14. The van der Waals surface area contributed by atoms with Crippen molar-refractivity contribution in [3.05, 3.63) is 0 Å². The topological polar surface area (TPSA) is 214 Å². The fourth-order valence-corrected chi connectivity index (χ4v) is 2.25. The van der Waals surface area contributed by atoms with Gasteiger partial charge in [-0.15, -0.1) is 0 Å². The normalized spacial score (nSPS) is 16.1. The largest absolute Gasteiger partial charge is 0.480 e. The first-order chi connectivity index (χ1) is 13.3. The van der Waals surface area contributed by atoms with Crippen LogP contribution in [0.5, 0.6) is 0 Å². The fourth-order valence-electron chi connectivity index (χ4n) is 2.25. The first kappa shape index (κ1) is 26.3. The van der Waals surface area contributed by atoms with Crippen LogP contribution in [0.3, 0.4) is 0 Å². The molecule has 0 aromatic rings. The molecule has 0 bridgehead atoms. The zero-order chi connectivity index (χ0) is 22.9. The van der Waals surface area contributed by atoms with Gasteiger partial charge >= 0.3 is 5.97 Å². The fraction of sp³-hybridized carbons (Fsp3) is 0.706. The van der Waals surface area contributed by atoms with E-state index < -0.39 is 59.9 Å². The van der Waals surface area contributed by atoms with Crippen molar-refractivity contribution in [3.63, 3.8) is 0 Å². The first-order valence-electron chi connectivity index (χ1n) is 9.13. The van der Waals surface area contributed by atoms with Gasteiger partial charge in [0.1, 0.15) is 18.1 Å². The van der Waals surface area contributed by atoms with Crippen molar-refractivity contribution in [2.75, 3.05) is 0 Å². The van der Waals surface area contributed by atoms with Gasteiger partial charge in [0, 0.05) is 6.42 Å². The van der Waals surface area contributed by atoms with E-state index in [0.717, 1.165) is 0 Å². The maximum absolute atomic E-state index is 12.4. The minimum absolute atomic E-state index is 0.0418. The van der Waals surface area contributed by atoms with E-state index in [1.165, 1.54) is 13.8 Å². The number of aliphatic hydroxyl groups excluding tert-OH is 1. The van der Waals surface area contributed by atoms with Crippen molar-refractivity contribution < 1.29 is 34.2 Å². The molecular weight excluding hydrogens is 386 g/mol. The summed E-state index contributed by atoms with van der Waals surface area (Å²) >= 11 is 0. The van der Waals surface area contributed by atoms with Gasteiger partial charge in [-0.05, 0) is 26.2 Å². The summed E-state index contributed by atoms with van der Waals surface area (Å²) in [6.07, 6.45) is -1.49. The van der Waals surface area contributed by atoms with Crippen LogP contribution in [0.15, 0.2) is 0 Å². The maximum Gasteiger partial charge on any atom is 0.326 e. The van der Waals surface area contributed by atoms with Crippen LogP contribution in [0.25, 0.3) is 0 Å². The van der Waals surface area contributed by atoms with E-state index in [9.17, 15) is 29.1 Å². The Labute approximate surface area is 168 Å². The number of aliphatic carboxylic acids is 1. The summed E-state index contributed by atoms with van der Waals surface area (Å²) in [5.74, 6) is -4.63. The van der Waals surface area contributed by atoms with E-state index in [-0.39, 0.29) is 18.8 Å². The quantitative estimate of drug-likeness (QED) is 0.175. The number of carbonyl (C=O) groups is 5. The standard InChI is InChI=1S/C17H31N5O7/c1-7(2)12(17(28)29)21-14(25)8(3)20-16(27)13(9(4)23)22-15(26)10(18)5-6-11(19)24/h7-10,12-13,23H,5-6,18H2,1-4H3,(H2,19,24)(H,20,27)(H,21,25)(H,22,26)(H,28,29)/t8-,9+,10-,12-,13-/m0/s1. The zero-order valence-electron chi connectivity index (χ0n) is 17.0. The Bertz CT molecular complexity index is 623. The van der Waals surface area contributed by atoms with Crippen LogP contribution in [0, 0.1) is 5.92 Å². The van der Waals surface area contributed by atoms with Gasteiger partial charge in [0.15, 0.2) is 0 Å². The number of nitrogens with two attached hydrogens (primary N) is 2. The van der Waals surface area contributed by atoms with Gasteiger partial charge in [-0.1, -0.05) is 13.8 Å². The van der Waals surface area contributed by atoms with Gasteiger partial charge < -0.3 is 37.6 Å². The van der Waals surface area contributed by atoms with E-state index in [4.69, 9.17) is 16.6 Å². The van der Waals surface area contributed by atoms with Gasteiger partial charge in [0.2, 0.25) is 23.6 Å². The summed E-state index contributed by atoms with van der Waals surface area (Å²) in [7, 11) is 0. The molecule has 9 N–H and O–H groups in total. The highest BCUT2D eigenvalue weighted by Gasteiger charge is 2.31. The van der Waals surface area contributed by atoms with Gasteiger partial charge in [0.05, 0.1) is 12.1 Å². The van der Waals surface area contributed by atoms with Gasteiger partial charge in [-0.2, -0.15) is 0 Å². The number of hydrogen-bond donors (Lipinski definition) is 7. The summed E-state index contributed by atoms with van der Waals surface area (Å²) in [5, 5.41) is 25.8. The van der Waals surface area contributed by atoms with E-state index in [0.29, 0.717) is 0 Å². The van der Waals surface area contributed by atoms with Crippen LogP contribution in [0.4, 0.5) is 0 Å². The molecule has 0 unspecified atom stereocenters. The number of rotatable bonds is 12. The molecule has 4 amide bonds. The lowest BCUT2D eigenvalue weighted by Gasteiger charge is -2.25. The van der Waals surface area contributed by atoms with Gasteiger partial charge in [0.25, 0.3) is 0 Å². The van der Waals surface area contributed by atoms with Crippen molar-refractivity contribution in [1.82, 2.24) is 16.0 Å². The average Bonchev–Trinajstić information content (AvgIpc) is 2.60. The highest BCUT2D eigenvalue weighted by Crippen LogP contribution is 2.03. The van der Waals surface area contributed by atoms with Crippen LogP contribution in [0.1, 0.15) is 40.5 Å². The summed E-state index contributed by atoms with van der Waals surface area (Å²) in [6.45, 7) is 5.81. The van der Waals surface area contributed by atoms with Crippen LogP contribution >= 0.6 is 0 Å². The van der Waals surface area contributed by atoms with Crippen molar-refractivity contribution >= 4 is 29.6 Å². The molecule has 0 aliphatic rings. The Balaban J connectivity index is 4.96. The first-order valence-corrected chi connectivity index (χ1v) is 9.13. The molecule has 12 nitrogen and oxygen atoms in total. The van der Waals surface area contributed by atoms with Crippen molar-refractivity contribution in [2.45, 2.75) is 70.8 Å². The van der Waals surface area contributed by atoms with Crippen LogP contribution < -0.4 is 27.4 Å². The minimum atomic E-state index is -1.42. The SMILES string of the molecule is CC(C)[C@H](NC(=O)[C@H](C)NC(=O)[C@@H](NC(=O)[C@@H](N)CCC(N)=O)[C@@H](C)O)C(=O)O. The molecule has 0 saturated heterocycles. The summed E-state index contributed by atoms with van der Waals surface area (Å²) < 4.78 is 0. The maximum atomic E-state index is 12.4. The Morgan fingerprint density at radius 1 is 0.862 bits per heavy atom. The smallest absolute Gasteiger partial charge is 0.326 e. The molecule has 166 valence electrons. The number of carbonyl (C=O) groups excluding carboxylic acids is 4. The van der Waals surface area contributed by atoms with Gasteiger partial charge in [-0.3, -0.25) is 19.2 Å². The van der Waals surface area contributed by atoms with Crippen LogP contribution in [-0.2, 0) is 24.0 Å². The van der Waals surface area contributed by atoms with E-state index in [1.807, 2.05) is 0 Å². The number of nitrogens with one attached hydrogen (secondary N) is 3. The molecule has 0 rings (SSSR count). The zero-order valence-corrected chi connectivity index (χ0v) is 17.0. The Morgan fingerprint density at radius 3 is 1.79 bits per heavy atom. The monoisotopic (exact) mass is 417 g/mol. The molecule has 0 aromatic carbocycles. The number of carboxylic acids is 1. The molecule has 12 heteroatoms. The highest BCUT2D eigenvalue weighted by atomic mass is 16.4. The predicted octanol–water partition coefficient (Wildman–Crippen LogP) is -2.83. The molecule has 5 atom stereocenters. The predicted molar refractivity (Wildman–Crippen MR) is 102 cm³/mol. The lowest BCUT2D eigenvalue weighted by Crippen LogP contribution is -2.59. The van der Waals surface area contributed by atoms with Crippen molar-refractivity contribution in [3.8, 4) is 0 Å². The molecule has 0 radical (unpaired) electrons. The minimum Gasteiger partial charge on any atom is -0.480 e. The number of amides is 4. The molecule has 0 spiro atoms. The molecule has 0 saturated carbocycles. The van der Waals surface area contributed by atoms with E-state index >= 15 is 0 Å². The lowest BCUT2D eigenvalue weighted by molar-refractivity contribution is -0.143. The average molecular weight is 417 g/mol. The Morgan fingerprint density at radius 2 is 1.38 bits per heavy atom. The molecular formula is C17H31N5O7. The number of aliphatic hydroxyl groups is 1. The van der Waals surface area contributed by atoms with E-state index in [2.05, 4.69) is 16.0 Å². The lowest BCUT2D eigenvalue weighted by atomic mass is 10.0. The third kappa shape index (κ3) is 9.34. The second kappa shape index (κ2) is 12.0. The second-order valence-electron chi connectivity index (χ2n) is 7.14.